The van der Waals surface area contributed by atoms with Crippen LogP contribution in [-0.2, 0) is 4.79 Å². The van der Waals surface area contributed by atoms with Gasteiger partial charge in [-0.1, -0.05) is 0 Å². The molecule has 2 amide bonds. The predicted molar refractivity (Wildman–Crippen MR) is 84.5 cm³/mol. The van der Waals surface area contributed by atoms with Crippen molar-refractivity contribution in [2.24, 2.45) is 0 Å². The third-order valence-corrected chi connectivity index (χ3v) is 4.27. The SMILES string of the molecule is O=C(/C=C/c1ccsc1)N1CCN(C(=O)c2ccco2)CC1. The Kier molecular flexibility index (Phi) is 4.39. The highest BCUT2D eigenvalue weighted by atomic mass is 32.1. The van der Waals surface area contributed by atoms with Gasteiger partial charge in [-0.05, 0) is 40.6 Å². The Hall–Kier alpha value is -2.34. The van der Waals surface area contributed by atoms with Gasteiger partial charge in [0.05, 0.1) is 6.26 Å². The van der Waals surface area contributed by atoms with Crippen LogP contribution in [0.2, 0.25) is 0 Å². The molecule has 0 radical (unpaired) electrons. The number of furan rings is 1. The standard InChI is InChI=1S/C16H16N2O3S/c19-15(4-3-13-5-11-22-12-13)17-6-8-18(9-7-17)16(20)14-2-1-10-21-14/h1-5,10-12H,6-9H2/b4-3+. The Morgan fingerprint density at radius 1 is 1.14 bits per heavy atom. The van der Waals surface area contributed by atoms with Gasteiger partial charge in [-0.2, -0.15) is 11.3 Å². The van der Waals surface area contributed by atoms with E-state index in [1.54, 1.807) is 39.3 Å². The summed E-state index contributed by atoms with van der Waals surface area (Å²) in [5.41, 5.74) is 1.03. The van der Waals surface area contributed by atoms with Crippen LogP contribution in [0.15, 0.2) is 45.7 Å². The smallest absolute Gasteiger partial charge is 0.289 e. The number of piperazine rings is 1. The topological polar surface area (TPSA) is 53.8 Å². The van der Waals surface area contributed by atoms with Crippen LogP contribution >= 0.6 is 11.3 Å². The molecule has 0 unspecified atom stereocenters. The fourth-order valence-corrected chi connectivity index (χ4v) is 2.96. The van der Waals surface area contributed by atoms with E-state index in [4.69, 9.17) is 4.42 Å². The van der Waals surface area contributed by atoms with Gasteiger partial charge in [-0.25, -0.2) is 0 Å². The van der Waals surface area contributed by atoms with E-state index in [1.165, 1.54) is 6.26 Å². The molecule has 6 heteroatoms. The van der Waals surface area contributed by atoms with E-state index in [9.17, 15) is 9.59 Å². The Morgan fingerprint density at radius 2 is 1.91 bits per heavy atom. The number of amides is 2. The Bertz CT molecular complexity index is 654. The Balaban J connectivity index is 1.53. The summed E-state index contributed by atoms with van der Waals surface area (Å²) in [6.45, 7) is 2.13. The van der Waals surface area contributed by atoms with E-state index in [-0.39, 0.29) is 11.8 Å². The van der Waals surface area contributed by atoms with Crippen molar-refractivity contribution >= 4 is 29.2 Å². The van der Waals surface area contributed by atoms with Crippen molar-refractivity contribution in [1.82, 2.24) is 9.80 Å². The molecule has 2 aromatic heterocycles. The highest BCUT2D eigenvalue weighted by molar-refractivity contribution is 7.08. The van der Waals surface area contributed by atoms with Crippen LogP contribution in [0.1, 0.15) is 16.1 Å². The third kappa shape index (κ3) is 3.28. The highest BCUT2D eigenvalue weighted by Crippen LogP contribution is 2.11. The van der Waals surface area contributed by atoms with E-state index in [1.807, 2.05) is 22.9 Å². The third-order valence-electron chi connectivity index (χ3n) is 3.57. The molecule has 0 N–H and O–H groups in total. The lowest BCUT2D eigenvalue weighted by Crippen LogP contribution is -2.50. The molecule has 2 aromatic rings. The van der Waals surface area contributed by atoms with E-state index >= 15 is 0 Å². The number of carbonyl (C=O) groups is 2. The zero-order chi connectivity index (χ0) is 15.4. The van der Waals surface area contributed by atoms with Crippen LogP contribution in [0.4, 0.5) is 0 Å². The first-order chi connectivity index (χ1) is 10.7. The van der Waals surface area contributed by atoms with E-state index < -0.39 is 0 Å². The van der Waals surface area contributed by atoms with Crippen molar-refractivity contribution in [2.45, 2.75) is 0 Å². The van der Waals surface area contributed by atoms with E-state index in [2.05, 4.69) is 0 Å². The van der Waals surface area contributed by atoms with Crippen molar-refractivity contribution in [3.63, 3.8) is 0 Å². The maximum atomic E-state index is 12.1. The van der Waals surface area contributed by atoms with Crippen LogP contribution in [0.3, 0.4) is 0 Å². The molecule has 1 fully saturated rings. The molecule has 3 heterocycles. The largest absolute Gasteiger partial charge is 0.459 e. The van der Waals surface area contributed by atoms with Crippen LogP contribution in [0, 0.1) is 0 Å². The van der Waals surface area contributed by atoms with Crippen molar-refractivity contribution in [3.05, 3.63) is 52.6 Å². The van der Waals surface area contributed by atoms with E-state index in [0.717, 1.165) is 5.56 Å². The predicted octanol–water partition coefficient (Wildman–Crippen LogP) is 2.34. The number of hydrogen-bond acceptors (Lipinski definition) is 4. The van der Waals surface area contributed by atoms with Crippen LogP contribution < -0.4 is 0 Å². The molecule has 1 aliphatic heterocycles. The molecular weight excluding hydrogens is 300 g/mol. The molecule has 5 nitrogen and oxygen atoms in total. The lowest BCUT2D eigenvalue weighted by Gasteiger charge is -2.33. The molecule has 3 rings (SSSR count). The monoisotopic (exact) mass is 316 g/mol. The van der Waals surface area contributed by atoms with Crippen LogP contribution in [-0.4, -0.2) is 47.8 Å². The molecule has 1 aliphatic rings. The summed E-state index contributed by atoms with van der Waals surface area (Å²) in [6, 6.07) is 5.32. The van der Waals surface area contributed by atoms with Gasteiger partial charge in [0.25, 0.3) is 5.91 Å². The van der Waals surface area contributed by atoms with Gasteiger partial charge in [-0.15, -0.1) is 0 Å². The summed E-state index contributed by atoms with van der Waals surface area (Å²) in [5, 5.41) is 3.97. The summed E-state index contributed by atoms with van der Waals surface area (Å²) in [5.74, 6) is 0.208. The van der Waals surface area contributed by atoms with E-state index in [0.29, 0.717) is 31.9 Å². The summed E-state index contributed by atoms with van der Waals surface area (Å²) in [6.07, 6.45) is 4.90. The highest BCUT2D eigenvalue weighted by Gasteiger charge is 2.25. The minimum Gasteiger partial charge on any atom is -0.459 e. The number of thiophene rings is 1. The molecule has 0 saturated carbocycles. The zero-order valence-electron chi connectivity index (χ0n) is 12.0. The minimum absolute atomic E-state index is 0.0173. The van der Waals surface area contributed by atoms with Crippen LogP contribution in [0.25, 0.3) is 6.08 Å². The van der Waals surface area contributed by atoms with Crippen molar-refractivity contribution in [3.8, 4) is 0 Å². The zero-order valence-corrected chi connectivity index (χ0v) is 12.8. The summed E-state index contributed by atoms with van der Waals surface area (Å²) >= 11 is 1.60. The number of rotatable bonds is 3. The first kappa shape index (κ1) is 14.6. The van der Waals surface area contributed by atoms with Gasteiger partial charge in [-0.3, -0.25) is 9.59 Å². The molecule has 0 aromatic carbocycles. The Labute approximate surface area is 132 Å². The van der Waals surface area contributed by atoms with Crippen molar-refractivity contribution in [1.29, 1.82) is 0 Å². The second-order valence-electron chi connectivity index (χ2n) is 4.98. The summed E-state index contributed by atoms with van der Waals surface area (Å²) < 4.78 is 5.12. The van der Waals surface area contributed by atoms with Gasteiger partial charge >= 0.3 is 0 Å². The fourth-order valence-electron chi connectivity index (χ4n) is 2.33. The molecule has 0 spiro atoms. The minimum atomic E-state index is -0.120. The van der Waals surface area contributed by atoms with Gasteiger partial charge in [0.2, 0.25) is 5.91 Å². The lowest BCUT2D eigenvalue weighted by atomic mass is 10.2. The van der Waals surface area contributed by atoms with Gasteiger partial charge in [0, 0.05) is 32.3 Å². The second kappa shape index (κ2) is 6.62. The molecule has 0 aliphatic carbocycles. The average Bonchev–Trinajstić information content (AvgIpc) is 3.25. The fraction of sp³-hybridized carbons (Fsp3) is 0.250. The molecule has 114 valence electrons. The summed E-state index contributed by atoms with van der Waals surface area (Å²) in [4.78, 5) is 27.7. The molecule has 22 heavy (non-hydrogen) atoms. The van der Waals surface area contributed by atoms with Gasteiger partial charge < -0.3 is 14.2 Å². The molecule has 0 atom stereocenters. The first-order valence-electron chi connectivity index (χ1n) is 7.06. The van der Waals surface area contributed by atoms with Crippen molar-refractivity contribution in [2.75, 3.05) is 26.2 Å². The summed E-state index contributed by atoms with van der Waals surface area (Å²) in [7, 11) is 0. The van der Waals surface area contributed by atoms with Gasteiger partial charge in [0.1, 0.15) is 0 Å². The quantitative estimate of drug-likeness (QED) is 0.817. The second-order valence-corrected chi connectivity index (χ2v) is 5.76. The first-order valence-corrected chi connectivity index (χ1v) is 8.00. The van der Waals surface area contributed by atoms with Crippen LogP contribution in [0.5, 0.6) is 0 Å². The number of nitrogens with zero attached hydrogens (tertiary/aromatic N) is 2. The van der Waals surface area contributed by atoms with Gasteiger partial charge in [0.15, 0.2) is 5.76 Å². The van der Waals surface area contributed by atoms with Crippen molar-refractivity contribution < 1.29 is 14.0 Å². The molecule has 1 saturated heterocycles. The molecular formula is C16H16N2O3S. The maximum absolute atomic E-state index is 12.1. The number of hydrogen-bond donors (Lipinski definition) is 0. The lowest BCUT2D eigenvalue weighted by molar-refractivity contribution is -0.127. The Morgan fingerprint density at radius 3 is 2.55 bits per heavy atom. The number of carbonyl (C=O) groups excluding carboxylic acids is 2. The normalized spacial score (nSPS) is 15.5. The maximum Gasteiger partial charge on any atom is 0.289 e. The average molecular weight is 316 g/mol. The molecule has 0 bridgehead atoms.